The fourth-order valence-corrected chi connectivity index (χ4v) is 2.88. The van der Waals surface area contributed by atoms with E-state index in [1.165, 1.54) is 0 Å². The minimum absolute atomic E-state index is 0.0685. The molecule has 0 amide bonds. The van der Waals surface area contributed by atoms with Gasteiger partial charge < -0.3 is 5.32 Å². The first-order valence-electron chi connectivity index (χ1n) is 8.41. The van der Waals surface area contributed by atoms with Crippen LogP contribution in [-0.4, -0.2) is 39.5 Å². The average Bonchev–Trinajstić information content (AvgIpc) is 3.29. The van der Waals surface area contributed by atoms with Crippen LogP contribution in [0.4, 0.5) is 5.82 Å². The highest BCUT2D eigenvalue weighted by Gasteiger charge is 2.17. The van der Waals surface area contributed by atoms with Crippen LogP contribution in [0.25, 0.3) is 22.4 Å². The molecule has 0 saturated heterocycles. The van der Waals surface area contributed by atoms with Crippen LogP contribution in [0, 0.1) is 0 Å². The number of rotatable bonds is 5. The fourth-order valence-electron chi connectivity index (χ4n) is 2.88. The molecule has 0 bridgehead atoms. The van der Waals surface area contributed by atoms with E-state index in [0.717, 1.165) is 29.0 Å². The van der Waals surface area contributed by atoms with E-state index in [4.69, 9.17) is 4.98 Å². The summed E-state index contributed by atoms with van der Waals surface area (Å²) in [5.74, 6) is 2.19. The summed E-state index contributed by atoms with van der Waals surface area (Å²) in [6, 6.07) is 3.71. The standard InChI is InChI=1S/C17H19N9/c1-4-26-16(19-10-21-26)11(2)22-15-13-9-20-25(3)17(13)24-14(23-15)12-5-7-18-8-6-12/h5-11H,4H2,1-3H3,(H,22,23,24)/t11-/m0/s1. The molecule has 0 aromatic carbocycles. The summed E-state index contributed by atoms with van der Waals surface area (Å²) >= 11 is 0. The Morgan fingerprint density at radius 3 is 2.73 bits per heavy atom. The normalized spacial score (nSPS) is 12.4. The molecule has 26 heavy (non-hydrogen) atoms. The van der Waals surface area contributed by atoms with Crippen molar-refractivity contribution in [3.05, 3.63) is 42.9 Å². The Morgan fingerprint density at radius 1 is 1.15 bits per heavy atom. The van der Waals surface area contributed by atoms with Gasteiger partial charge in [-0.05, 0) is 26.0 Å². The van der Waals surface area contributed by atoms with Gasteiger partial charge in [0.05, 0.1) is 17.6 Å². The van der Waals surface area contributed by atoms with Gasteiger partial charge in [0, 0.05) is 31.5 Å². The van der Waals surface area contributed by atoms with Gasteiger partial charge in [-0.2, -0.15) is 10.2 Å². The van der Waals surface area contributed by atoms with E-state index in [1.54, 1.807) is 29.6 Å². The molecular formula is C17H19N9. The summed E-state index contributed by atoms with van der Waals surface area (Å²) < 4.78 is 3.61. The van der Waals surface area contributed by atoms with Crippen molar-refractivity contribution in [3.8, 4) is 11.4 Å². The molecule has 9 heteroatoms. The Labute approximate surface area is 150 Å². The van der Waals surface area contributed by atoms with Gasteiger partial charge in [-0.25, -0.2) is 19.6 Å². The Morgan fingerprint density at radius 2 is 1.96 bits per heavy atom. The SMILES string of the molecule is CCn1ncnc1[C@H](C)Nc1nc(-c2ccncc2)nc2c1cnn2C. The number of nitrogens with one attached hydrogen (secondary N) is 1. The van der Waals surface area contributed by atoms with Crippen molar-refractivity contribution in [3.63, 3.8) is 0 Å². The maximum absolute atomic E-state index is 4.73. The van der Waals surface area contributed by atoms with Crippen LogP contribution >= 0.6 is 0 Å². The molecule has 4 aromatic rings. The molecule has 9 nitrogen and oxygen atoms in total. The zero-order chi connectivity index (χ0) is 18.1. The third-order valence-electron chi connectivity index (χ3n) is 4.22. The Balaban J connectivity index is 1.78. The van der Waals surface area contributed by atoms with Crippen molar-refractivity contribution in [2.45, 2.75) is 26.4 Å². The van der Waals surface area contributed by atoms with Crippen LogP contribution in [0.5, 0.6) is 0 Å². The van der Waals surface area contributed by atoms with Crippen molar-refractivity contribution in [2.75, 3.05) is 5.32 Å². The molecule has 4 rings (SSSR count). The summed E-state index contributed by atoms with van der Waals surface area (Å²) in [6.07, 6.45) is 6.79. The highest BCUT2D eigenvalue weighted by atomic mass is 15.3. The molecule has 0 fully saturated rings. The van der Waals surface area contributed by atoms with Gasteiger partial charge in [0.25, 0.3) is 0 Å². The minimum Gasteiger partial charge on any atom is -0.360 e. The summed E-state index contributed by atoms with van der Waals surface area (Å²) in [4.78, 5) is 17.8. The van der Waals surface area contributed by atoms with Crippen LogP contribution in [-0.2, 0) is 13.6 Å². The summed E-state index contributed by atoms with van der Waals surface area (Å²) in [6.45, 7) is 4.83. The predicted molar refractivity (Wildman–Crippen MR) is 97.3 cm³/mol. The maximum atomic E-state index is 4.73. The van der Waals surface area contributed by atoms with Gasteiger partial charge in [-0.3, -0.25) is 9.67 Å². The van der Waals surface area contributed by atoms with E-state index in [9.17, 15) is 0 Å². The highest BCUT2D eigenvalue weighted by molar-refractivity contribution is 5.88. The largest absolute Gasteiger partial charge is 0.360 e. The molecule has 0 saturated carbocycles. The van der Waals surface area contributed by atoms with Crippen molar-refractivity contribution >= 4 is 16.9 Å². The number of aromatic nitrogens is 8. The maximum Gasteiger partial charge on any atom is 0.164 e. The van der Waals surface area contributed by atoms with Crippen molar-refractivity contribution < 1.29 is 0 Å². The van der Waals surface area contributed by atoms with E-state index in [-0.39, 0.29) is 6.04 Å². The van der Waals surface area contributed by atoms with Gasteiger partial charge in [-0.15, -0.1) is 0 Å². The summed E-state index contributed by atoms with van der Waals surface area (Å²) in [5.41, 5.74) is 1.66. The molecule has 4 heterocycles. The van der Waals surface area contributed by atoms with Crippen LogP contribution in [0.15, 0.2) is 37.1 Å². The Kier molecular flexibility index (Phi) is 4.04. The second kappa shape index (κ2) is 6.51. The first kappa shape index (κ1) is 16.1. The molecular weight excluding hydrogens is 330 g/mol. The van der Waals surface area contributed by atoms with Gasteiger partial charge >= 0.3 is 0 Å². The molecule has 0 radical (unpaired) electrons. The van der Waals surface area contributed by atoms with Crippen molar-refractivity contribution in [1.82, 2.24) is 39.5 Å². The number of anilines is 1. The second-order valence-electron chi connectivity index (χ2n) is 5.94. The predicted octanol–water partition coefficient (Wildman–Crippen LogP) is 2.21. The number of hydrogen-bond donors (Lipinski definition) is 1. The lowest BCUT2D eigenvalue weighted by atomic mass is 10.2. The average molecular weight is 349 g/mol. The summed E-state index contributed by atoms with van der Waals surface area (Å²) in [7, 11) is 1.87. The highest BCUT2D eigenvalue weighted by Crippen LogP contribution is 2.27. The second-order valence-corrected chi connectivity index (χ2v) is 5.94. The first-order chi connectivity index (χ1) is 12.7. The van der Waals surface area contributed by atoms with Crippen LogP contribution in [0.3, 0.4) is 0 Å². The molecule has 1 atom stereocenters. The lowest BCUT2D eigenvalue weighted by Gasteiger charge is -2.16. The van der Waals surface area contributed by atoms with Crippen molar-refractivity contribution in [2.24, 2.45) is 7.05 Å². The molecule has 0 unspecified atom stereocenters. The zero-order valence-electron chi connectivity index (χ0n) is 14.8. The quantitative estimate of drug-likeness (QED) is 0.589. The van der Waals surface area contributed by atoms with Gasteiger partial charge in [-0.1, -0.05) is 0 Å². The molecule has 0 aliphatic rings. The number of fused-ring (bicyclic) bond motifs is 1. The van der Waals surface area contributed by atoms with E-state index < -0.39 is 0 Å². The van der Waals surface area contributed by atoms with Crippen molar-refractivity contribution in [1.29, 1.82) is 0 Å². The number of pyridine rings is 1. The third kappa shape index (κ3) is 2.77. The van der Waals surface area contributed by atoms with Gasteiger partial charge in [0.2, 0.25) is 0 Å². The lowest BCUT2D eigenvalue weighted by Crippen LogP contribution is -2.15. The monoisotopic (exact) mass is 349 g/mol. The Hall–Kier alpha value is -3.36. The number of nitrogens with zero attached hydrogens (tertiary/aromatic N) is 8. The van der Waals surface area contributed by atoms with E-state index >= 15 is 0 Å². The van der Waals surface area contributed by atoms with E-state index in [1.807, 2.05) is 37.7 Å². The van der Waals surface area contributed by atoms with Crippen LogP contribution in [0.2, 0.25) is 0 Å². The van der Waals surface area contributed by atoms with Gasteiger partial charge in [0.15, 0.2) is 11.5 Å². The zero-order valence-corrected chi connectivity index (χ0v) is 14.8. The fraction of sp³-hybridized carbons (Fsp3) is 0.294. The molecule has 132 valence electrons. The molecule has 0 aliphatic heterocycles. The molecule has 1 N–H and O–H groups in total. The third-order valence-corrected chi connectivity index (χ3v) is 4.22. The summed E-state index contributed by atoms with van der Waals surface area (Å²) in [5, 5.41) is 12.9. The Bertz CT molecular complexity index is 1040. The minimum atomic E-state index is -0.0685. The molecule has 4 aromatic heterocycles. The molecule has 0 spiro atoms. The first-order valence-corrected chi connectivity index (χ1v) is 8.41. The van der Waals surface area contributed by atoms with Gasteiger partial charge in [0.1, 0.15) is 18.0 Å². The number of aryl methyl sites for hydroxylation is 2. The van der Waals surface area contributed by atoms with E-state index in [2.05, 4.69) is 30.5 Å². The van der Waals surface area contributed by atoms with Crippen LogP contribution in [0.1, 0.15) is 25.7 Å². The van der Waals surface area contributed by atoms with E-state index in [0.29, 0.717) is 11.6 Å². The van der Waals surface area contributed by atoms with Crippen LogP contribution < -0.4 is 5.32 Å². The molecule has 0 aliphatic carbocycles. The smallest absolute Gasteiger partial charge is 0.164 e. The number of hydrogen-bond acceptors (Lipinski definition) is 7. The lowest BCUT2D eigenvalue weighted by molar-refractivity contribution is 0.592. The topological polar surface area (TPSA) is 99.2 Å².